The van der Waals surface area contributed by atoms with E-state index in [1.807, 2.05) is 32.0 Å². The quantitative estimate of drug-likeness (QED) is 0.742. The van der Waals surface area contributed by atoms with Crippen molar-refractivity contribution in [2.24, 2.45) is 0 Å². The Balaban J connectivity index is 1.78. The Labute approximate surface area is 156 Å². The SMILES string of the molecule is Cc1cccc(NC(=O)CN(C)C(=O)c2n[nH]c(=O)c3ccccc23)c1C. The van der Waals surface area contributed by atoms with E-state index >= 15 is 0 Å². The lowest BCUT2D eigenvalue weighted by Crippen LogP contribution is -2.36. The highest BCUT2D eigenvalue weighted by atomic mass is 16.2. The first kappa shape index (κ1) is 18.3. The summed E-state index contributed by atoms with van der Waals surface area (Å²) >= 11 is 0. The molecular formula is C20H20N4O3. The van der Waals surface area contributed by atoms with Gasteiger partial charge in [-0.15, -0.1) is 0 Å². The van der Waals surface area contributed by atoms with E-state index in [4.69, 9.17) is 0 Å². The summed E-state index contributed by atoms with van der Waals surface area (Å²) in [5, 5.41) is 9.87. The molecule has 0 aliphatic heterocycles. The van der Waals surface area contributed by atoms with Gasteiger partial charge in [0.2, 0.25) is 5.91 Å². The second kappa shape index (κ2) is 7.41. The molecule has 2 N–H and O–H groups in total. The smallest absolute Gasteiger partial charge is 0.275 e. The Hall–Kier alpha value is -3.48. The van der Waals surface area contributed by atoms with Crippen molar-refractivity contribution in [3.05, 3.63) is 69.6 Å². The summed E-state index contributed by atoms with van der Waals surface area (Å²) in [5.74, 6) is -0.758. The Morgan fingerprint density at radius 1 is 1.07 bits per heavy atom. The molecule has 2 aromatic carbocycles. The molecule has 3 rings (SSSR count). The van der Waals surface area contributed by atoms with Crippen molar-refractivity contribution in [1.29, 1.82) is 0 Å². The highest BCUT2D eigenvalue weighted by Gasteiger charge is 2.20. The van der Waals surface area contributed by atoms with Crippen LogP contribution in [0.25, 0.3) is 10.8 Å². The maximum Gasteiger partial charge on any atom is 0.275 e. The topological polar surface area (TPSA) is 95.2 Å². The molecule has 1 aromatic heterocycles. The van der Waals surface area contributed by atoms with Gasteiger partial charge < -0.3 is 10.2 Å². The average molecular weight is 364 g/mol. The summed E-state index contributed by atoms with van der Waals surface area (Å²) in [6.07, 6.45) is 0. The minimum atomic E-state index is -0.446. The molecule has 138 valence electrons. The summed E-state index contributed by atoms with van der Waals surface area (Å²) in [4.78, 5) is 38.2. The zero-order chi connectivity index (χ0) is 19.6. The number of rotatable bonds is 4. The predicted molar refractivity (Wildman–Crippen MR) is 104 cm³/mol. The van der Waals surface area contributed by atoms with Crippen LogP contribution in [0.2, 0.25) is 0 Å². The highest BCUT2D eigenvalue weighted by molar-refractivity contribution is 6.06. The first-order valence-corrected chi connectivity index (χ1v) is 8.47. The molecule has 0 bridgehead atoms. The van der Waals surface area contributed by atoms with Gasteiger partial charge in [-0.1, -0.05) is 30.3 Å². The van der Waals surface area contributed by atoms with Crippen LogP contribution in [0.1, 0.15) is 21.6 Å². The van der Waals surface area contributed by atoms with Gasteiger partial charge in [0.15, 0.2) is 5.69 Å². The molecule has 0 aliphatic carbocycles. The standard InChI is InChI=1S/C20H20N4O3/c1-12-7-6-10-16(13(12)2)21-17(25)11-24(3)20(27)18-14-8-4-5-9-15(14)19(26)23-22-18/h4-10H,11H2,1-3H3,(H,21,25)(H,23,26). The Morgan fingerprint density at radius 2 is 1.78 bits per heavy atom. The van der Waals surface area contributed by atoms with E-state index in [2.05, 4.69) is 15.5 Å². The summed E-state index contributed by atoms with van der Waals surface area (Å²) in [6.45, 7) is 3.76. The van der Waals surface area contributed by atoms with Crippen LogP contribution in [0.4, 0.5) is 5.69 Å². The van der Waals surface area contributed by atoms with Gasteiger partial charge in [-0.05, 0) is 37.1 Å². The molecule has 0 atom stereocenters. The van der Waals surface area contributed by atoms with Crippen molar-refractivity contribution in [3.8, 4) is 0 Å². The second-order valence-electron chi connectivity index (χ2n) is 6.40. The molecule has 2 amide bonds. The number of fused-ring (bicyclic) bond motifs is 1. The molecule has 7 heteroatoms. The van der Waals surface area contributed by atoms with Crippen molar-refractivity contribution >= 4 is 28.3 Å². The minimum Gasteiger partial charge on any atom is -0.331 e. The molecule has 0 aliphatic rings. The number of hydrogen-bond donors (Lipinski definition) is 2. The molecule has 0 fully saturated rings. The van der Waals surface area contributed by atoms with Gasteiger partial charge in [0.1, 0.15) is 0 Å². The molecular weight excluding hydrogens is 344 g/mol. The fourth-order valence-corrected chi connectivity index (χ4v) is 2.82. The number of aryl methyl sites for hydroxylation is 1. The van der Waals surface area contributed by atoms with Crippen LogP contribution in [0.5, 0.6) is 0 Å². The number of H-pyrrole nitrogens is 1. The molecule has 0 saturated carbocycles. The number of nitrogens with one attached hydrogen (secondary N) is 2. The number of aromatic nitrogens is 2. The first-order valence-electron chi connectivity index (χ1n) is 8.47. The van der Waals surface area contributed by atoms with Crippen LogP contribution >= 0.6 is 0 Å². The summed E-state index contributed by atoms with van der Waals surface area (Å²) in [5.41, 5.74) is 2.51. The fourth-order valence-electron chi connectivity index (χ4n) is 2.82. The van der Waals surface area contributed by atoms with Gasteiger partial charge >= 0.3 is 0 Å². The molecule has 1 heterocycles. The molecule has 0 unspecified atom stereocenters. The number of amides is 2. The van der Waals surface area contributed by atoms with Crippen molar-refractivity contribution in [3.63, 3.8) is 0 Å². The van der Waals surface area contributed by atoms with Gasteiger partial charge in [-0.2, -0.15) is 5.10 Å². The van der Waals surface area contributed by atoms with Gasteiger partial charge in [0, 0.05) is 18.1 Å². The highest BCUT2D eigenvalue weighted by Crippen LogP contribution is 2.18. The number of carbonyl (C=O) groups is 2. The predicted octanol–water partition coefficient (Wildman–Crippen LogP) is 2.25. The van der Waals surface area contributed by atoms with E-state index in [1.165, 1.54) is 11.9 Å². The lowest BCUT2D eigenvalue weighted by Gasteiger charge is -2.18. The minimum absolute atomic E-state index is 0.104. The van der Waals surface area contributed by atoms with Crippen LogP contribution in [0.15, 0.2) is 47.3 Å². The third kappa shape index (κ3) is 3.72. The van der Waals surface area contributed by atoms with Crippen LogP contribution in [-0.4, -0.2) is 40.5 Å². The van der Waals surface area contributed by atoms with Crippen LogP contribution in [0, 0.1) is 13.8 Å². The summed E-state index contributed by atoms with van der Waals surface area (Å²) < 4.78 is 0. The number of anilines is 1. The monoisotopic (exact) mass is 364 g/mol. The zero-order valence-electron chi connectivity index (χ0n) is 15.4. The maximum absolute atomic E-state index is 12.7. The number of nitrogens with zero attached hydrogens (tertiary/aromatic N) is 2. The Kier molecular flexibility index (Phi) is 5.03. The molecule has 27 heavy (non-hydrogen) atoms. The third-order valence-corrected chi connectivity index (χ3v) is 4.50. The van der Waals surface area contributed by atoms with Gasteiger partial charge in [0.05, 0.1) is 11.9 Å². The number of aromatic amines is 1. The Morgan fingerprint density at radius 3 is 2.52 bits per heavy atom. The van der Waals surface area contributed by atoms with Gasteiger partial charge in [-0.25, -0.2) is 5.10 Å². The third-order valence-electron chi connectivity index (χ3n) is 4.50. The van der Waals surface area contributed by atoms with E-state index in [-0.39, 0.29) is 23.7 Å². The molecule has 0 spiro atoms. The fraction of sp³-hybridized carbons (Fsp3) is 0.200. The van der Waals surface area contributed by atoms with E-state index in [1.54, 1.807) is 24.3 Å². The number of likely N-dealkylation sites (N-methyl/N-ethyl adjacent to an activating group) is 1. The van der Waals surface area contributed by atoms with Crippen LogP contribution in [-0.2, 0) is 4.79 Å². The second-order valence-corrected chi connectivity index (χ2v) is 6.40. The van der Waals surface area contributed by atoms with Crippen molar-refractivity contribution in [2.75, 3.05) is 18.9 Å². The number of benzene rings is 2. The van der Waals surface area contributed by atoms with E-state index < -0.39 is 5.91 Å². The zero-order valence-corrected chi connectivity index (χ0v) is 15.4. The van der Waals surface area contributed by atoms with Gasteiger partial charge in [0.25, 0.3) is 11.5 Å². The lowest BCUT2D eigenvalue weighted by molar-refractivity contribution is -0.116. The van der Waals surface area contributed by atoms with Crippen molar-refractivity contribution in [1.82, 2.24) is 15.1 Å². The van der Waals surface area contributed by atoms with Crippen molar-refractivity contribution in [2.45, 2.75) is 13.8 Å². The Bertz CT molecular complexity index is 1090. The average Bonchev–Trinajstić information content (AvgIpc) is 2.65. The largest absolute Gasteiger partial charge is 0.331 e. The van der Waals surface area contributed by atoms with Crippen LogP contribution < -0.4 is 10.9 Å². The number of carbonyl (C=O) groups excluding carboxylic acids is 2. The summed E-state index contributed by atoms with van der Waals surface area (Å²) in [7, 11) is 1.52. The van der Waals surface area contributed by atoms with E-state index in [9.17, 15) is 14.4 Å². The molecule has 3 aromatic rings. The molecule has 0 saturated heterocycles. The maximum atomic E-state index is 12.7. The molecule has 7 nitrogen and oxygen atoms in total. The first-order chi connectivity index (χ1) is 12.9. The van der Waals surface area contributed by atoms with Crippen LogP contribution in [0.3, 0.4) is 0 Å². The van der Waals surface area contributed by atoms with Gasteiger partial charge in [-0.3, -0.25) is 14.4 Å². The van der Waals surface area contributed by atoms with E-state index in [0.29, 0.717) is 16.5 Å². The number of hydrogen-bond acceptors (Lipinski definition) is 4. The molecule has 0 radical (unpaired) electrons. The van der Waals surface area contributed by atoms with Crippen molar-refractivity contribution < 1.29 is 9.59 Å². The lowest BCUT2D eigenvalue weighted by atomic mass is 10.1. The van der Waals surface area contributed by atoms with E-state index in [0.717, 1.165) is 11.1 Å². The summed E-state index contributed by atoms with van der Waals surface area (Å²) in [6, 6.07) is 12.4. The normalized spacial score (nSPS) is 10.6.